The number of aromatic nitrogens is 1. The highest BCUT2D eigenvalue weighted by Gasteiger charge is 2.39. The van der Waals surface area contributed by atoms with Crippen molar-refractivity contribution >= 4 is 16.0 Å². The maximum Gasteiger partial charge on any atom is 0.352 e. The monoisotopic (exact) mass is 300 g/mol. The van der Waals surface area contributed by atoms with Crippen LogP contribution in [0.15, 0.2) is 4.90 Å². The number of hydrogen-bond acceptors (Lipinski definition) is 3. The van der Waals surface area contributed by atoms with Gasteiger partial charge in [-0.1, -0.05) is 13.8 Å². The minimum atomic E-state index is -3.65. The number of hydrogen-bond donors (Lipinski definition) is 2. The van der Waals surface area contributed by atoms with E-state index in [-0.39, 0.29) is 21.6 Å². The molecule has 1 aromatic rings. The molecule has 2 rings (SSSR count). The second kappa shape index (κ2) is 4.60. The van der Waals surface area contributed by atoms with Crippen molar-refractivity contribution in [3.8, 4) is 0 Å². The molecule has 20 heavy (non-hydrogen) atoms. The van der Waals surface area contributed by atoms with Gasteiger partial charge in [-0.3, -0.25) is 0 Å². The highest BCUT2D eigenvalue weighted by atomic mass is 32.2. The molecule has 1 aliphatic rings. The summed E-state index contributed by atoms with van der Waals surface area (Å²) in [6, 6.07) is 0. The van der Waals surface area contributed by atoms with Crippen molar-refractivity contribution in [2.24, 2.45) is 5.41 Å². The van der Waals surface area contributed by atoms with Crippen molar-refractivity contribution < 1.29 is 18.3 Å². The lowest BCUT2D eigenvalue weighted by Crippen LogP contribution is -2.31. The van der Waals surface area contributed by atoms with Gasteiger partial charge in [0.2, 0.25) is 10.0 Å². The second-order valence-electron chi connectivity index (χ2n) is 6.14. The molecule has 0 bridgehead atoms. The summed E-state index contributed by atoms with van der Waals surface area (Å²) < 4.78 is 26.9. The number of carboxylic acid groups (broad SMARTS) is 1. The third kappa shape index (κ3) is 2.35. The molecule has 0 radical (unpaired) electrons. The van der Waals surface area contributed by atoms with E-state index in [0.717, 1.165) is 6.42 Å². The Labute approximate surface area is 118 Å². The Morgan fingerprint density at radius 3 is 2.35 bits per heavy atom. The molecule has 0 spiro atoms. The van der Waals surface area contributed by atoms with Crippen LogP contribution in [0.25, 0.3) is 0 Å². The Kier molecular flexibility index (Phi) is 3.46. The minimum Gasteiger partial charge on any atom is -0.477 e. The molecule has 112 valence electrons. The van der Waals surface area contributed by atoms with Gasteiger partial charge < -0.3 is 10.1 Å². The standard InChI is InChI=1S/C13H20N2O4S/c1-8-10(12(16)17)14-9(2)11(8)20(18,19)15-6-5-13(3,4)7-15/h14H,5-7H2,1-4H3,(H,16,17). The summed E-state index contributed by atoms with van der Waals surface area (Å²) in [4.78, 5) is 13.9. The average molecular weight is 300 g/mol. The van der Waals surface area contributed by atoms with Crippen LogP contribution >= 0.6 is 0 Å². The number of carboxylic acids is 1. The van der Waals surface area contributed by atoms with E-state index in [1.165, 1.54) is 11.2 Å². The van der Waals surface area contributed by atoms with E-state index in [2.05, 4.69) is 4.98 Å². The Morgan fingerprint density at radius 1 is 1.35 bits per heavy atom. The van der Waals surface area contributed by atoms with Gasteiger partial charge in [0.1, 0.15) is 10.6 Å². The van der Waals surface area contributed by atoms with Crippen LogP contribution in [-0.4, -0.2) is 41.9 Å². The van der Waals surface area contributed by atoms with Gasteiger partial charge in [0.25, 0.3) is 0 Å². The first kappa shape index (κ1) is 15.1. The maximum absolute atomic E-state index is 12.7. The van der Waals surface area contributed by atoms with E-state index in [0.29, 0.717) is 18.8 Å². The topological polar surface area (TPSA) is 90.5 Å². The Balaban J connectivity index is 2.49. The van der Waals surface area contributed by atoms with E-state index in [1.807, 2.05) is 13.8 Å². The van der Waals surface area contributed by atoms with E-state index in [9.17, 15) is 13.2 Å². The fourth-order valence-electron chi connectivity index (χ4n) is 2.73. The Morgan fingerprint density at radius 2 is 1.95 bits per heavy atom. The molecule has 1 fully saturated rings. The van der Waals surface area contributed by atoms with Gasteiger partial charge in [-0.2, -0.15) is 4.31 Å². The molecule has 2 N–H and O–H groups in total. The molecule has 2 heterocycles. The zero-order chi connectivity index (χ0) is 15.3. The summed E-state index contributed by atoms with van der Waals surface area (Å²) >= 11 is 0. The van der Waals surface area contributed by atoms with Crippen molar-refractivity contribution in [1.29, 1.82) is 0 Å². The molecule has 0 amide bonds. The highest BCUT2D eigenvalue weighted by Crippen LogP contribution is 2.35. The van der Waals surface area contributed by atoms with Gasteiger partial charge in [-0.25, -0.2) is 13.2 Å². The number of nitrogens with one attached hydrogen (secondary N) is 1. The van der Waals surface area contributed by atoms with E-state index < -0.39 is 16.0 Å². The van der Waals surface area contributed by atoms with Crippen LogP contribution in [0, 0.1) is 19.3 Å². The van der Waals surface area contributed by atoms with Crippen molar-refractivity contribution in [2.75, 3.05) is 13.1 Å². The molecule has 0 aromatic carbocycles. The number of rotatable bonds is 3. The Hall–Kier alpha value is -1.34. The predicted octanol–water partition coefficient (Wildman–Crippen LogP) is 1.75. The number of H-pyrrole nitrogens is 1. The molecule has 1 saturated heterocycles. The van der Waals surface area contributed by atoms with Crippen molar-refractivity contribution in [3.63, 3.8) is 0 Å². The van der Waals surface area contributed by atoms with Gasteiger partial charge in [0, 0.05) is 24.3 Å². The van der Waals surface area contributed by atoms with Crippen molar-refractivity contribution in [1.82, 2.24) is 9.29 Å². The number of nitrogens with zero attached hydrogens (tertiary/aromatic N) is 1. The molecule has 1 aromatic heterocycles. The lowest BCUT2D eigenvalue weighted by Gasteiger charge is -2.20. The lowest BCUT2D eigenvalue weighted by molar-refractivity contribution is 0.0690. The SMILES string of the molecule is Cc1[nH]c(C(=O)O)c(C)c1S(=O)(=O)N1CCC(C)(C)C1. The summed E-state index contributed by atoms with van der Waals surface area (Å²) in [5.41, 5.74) is 0.560. The third-order valence-corrected chi connectivity index (χ3v) is 5.94. The molecular weight excluding hydrogens is 280 g/mol. The number of carbonyl (C=O) groups is 1. The van der Waals surface area contributed by atoms with E-state index >= 15 is 0 Å². The molecule has 6 nitrogen and oxygen atoms in total. The van der Waals surface area contributed by atoms with Crippen molar-refractivity contribution in [2.45, 2.75) is 39.0 Å². The van der Waals surface area contributed by atoms with Crippen LogP contribution in [0.2, 0.25) is 0 Å². The van der Waals surface area contributed by atoms with Gasteiger partial charge in [-0.05, 0) is 25.7 Å². The van der Waals surface area contributed by atoms with Gasteiger partial charge in [-0.15, -0.1) is 0 Å². The predicted molar refractivity (Wildman–Crippen MR) is 74.4 cm³/mol. The van der Waals surface area contributed by atoms with Gasteiger partial charge in [0.15, 0.2) is 0 Å². The van der Waals surface area contributed by atoms with Crippen LogP contribution in [0.4, 0.5) is 0 Å². The fourth-order valence-corrected chi connectivity index (χ4v) is 4.77. The van der Waals surface area contributed by atoms with E-state index in [4.69, 9.17) is 5.11 Å². The van der Waals surface area contributed by atoms with E-state index in [1.54, 1.807) is 6.92 Å². The number of aromatic amines is 1. The fraction of sp³-hybridized carbons (Fsp3) is 0.615. The zero-order valence-corrected chi connectivity index (χ0v) is 13.0. The molecule has 0 saturated carbocycles. The third-order valence-electron chi connectivity index (χ3n) is 3.82. The van der Waals surface area contributed by atoms with Gasteiger partial charge in [0.05, 0.1) is 0 Å². The van der Waals surface area contributed by atoms with Crippen LogP contribution < -0.4 is 0 Å². The normalized spacial score (nSPS) is 19.4. The summed E-state index contributed by atoms with van der Waals surface area (Å²) in [6.07, 6.45) is 0.806. The molecule has 0 aliphatic carbocycles. The Bertz CT molecular complexity index is 658. The number of sulfonamides is 1. The van der Waals surface area contributed by atoms with Crippen LogP contribution in [0.5, 0.6) is 0 Å². The maximum atomic E-state index is 12.7. The quantitative estimate of drug-likeness (QED) is 0.889. The summed E-state index contributed by atoms with van der Waals surface area (Å²) in [6.45, 7) is 8.11. The summed E-state index contributed by atoms with van der Waals surface area (Å²) in [5.74, 6) is -1.14. The van der Waals surface area contributed by atoms with Crippen LogP contribution in [0.3, 0.4) is 0 Å². The van der Waals surface area contributed by atoms with Gasteiger partial charge >= 0.3 is 5.97 Å². The minimum absolute atomic E-state index is 0.0409. The molecule has 0 unspecified atom stereocenters. The summed E-state index contributed by atoms with van der Waals surface area (Å²) in [7, 11) is -3.65. The molecule has 1 aliphatic heterocycles. The highest BCUT2D eigenvalue weighted by molar-refractivity contribution is 7.89. The first-order valence-electron chi connectivity index (χ1n) is 6.49. The first-order valence-corrected chi connectivity index (χ1v) is 7.93. The van der Waals surface area contributed by atoms with Crippen LogP contribution in [0.1, 0.15) is 42.0 Å². The van der Waals surface area contributed by atoms with Crippen molar-refractivity contribution in [3.05, 3.63) is 17.0 Å². The van der Waals surface area contributed by atoms with Crippen LogP contribution in [-0.2, 0) is 10.0 Å². The largest absolute Gasteiger partial charge is 0.477 e. The summed E-state index contributed by atoms with van der Waals surface area (Å²) in [5, 5.41) is 9.08. The zero-order valence-electron chi connectivity index (χ0n) is 12.1. The molecular formula is C13H20N2O4S. The molecule has 0 atom stereocenters. The average Bonchev–Trinajstić information content (AvgIpc) is 2.79. The first-order chi connectivity index (χ1) is 9.06. The number of aromatic carboxylic acids is 1. The lowest BCUT2D eigenvalue weighted by atomic mass is 9.93. The molecule has 7 heteroatoms. The number of aryl methyl sites for hydroxylation is 1. The second-order valence-corrected chi connectivity index (χ2v) is 8.01. The smallest absolute Gasteiger partial charge is 0.352 e.